The lowest BCUT2D eigenvalue weighted by molar-refractivity contribution is 0.0949. The Morgan fingerprint density at radius 3 is 2.76 bits per heavy atom. The Bertz CT molecular complexity index is 783. The number of amides is 1. The van der Waals surface area contributed by atoms with Gasteiger partial charge in [-0.15, -0.1) is 0 Å². The zero-order valence-corrected chi connectivity index (χ0v) is 15.1. The normalized spacial score (nSPS) is 12.0. The van der Waals surface area contributed by atoms with Crippen molar-refractivity contribution in [2.75, 3.05) is 0 Å². The number of carbonyl (C=O) groups excluding carboxylic acids is 1. The monoisotopic (exact) mass is 343 g/mol. The Hall–Kier alpha value is -2.63. The van der Waals surface area contributed by atoms with Crippen LogP contribution in [0, 0.1) is 12.8 Å². The zero-order valence-electron chi connectivity index (χ0n) is 15.1. The van der Waals surface area contributed by atoms with E-state index in [9.17, 15) is 9.59 Å². The van der Waals surface area contributed by atoms with Crippen molar-refractivity contribution < 1.29 is 9.53 Å². The van der Waals surface area contributed by atoms with Crippen molar-refractivity contribution in [1.82, 2.24) is 15.3 Å². The molecule has 2 aromatic rings. The quantitative estimate of drug-likeness (QED) is 0.810. The molecule has 2 N–H and O–H groups in total. The molecule has 2 heterocycles. The lowest BCUT2D eigenvalue weighted by Gasteiger charge is -2.16. The number of pyridine rings is 2. The molecule has 1 atom stereocenters. The number of hydrogen-bond acceptors (Lipinski definition) is 4. The maximum Gasteiger partial charge on any atom is 0.253 e. The predicted molar refractivity (Wildman–Crippen MR) is 96.8 cm³/mol. The van der Waals surface area contributed by atoms with Crippen molar-refractivity contribution in [3.05, 3.63) is 57.6 Å². The minimum Gasteiger partial charge on any atom is -0.475 e. The van der Waals surface area contributed by atoms with Crippen LogP contribution in [0.4, 0.5) is 0 Å². The minimum absolute atomic E-state index is 0.0844. The molecule has 6 nitrogen and oxygen atoms in total. The van der Waals surface area contributed by atoms with E-state index in [2.05, 4.69) is 29.1 Å². The van der Waals surface area contributed by atoms with Gasteiger partial charge in [0.15, 0.2) is 0 Å². The number of aryl methyl sites for hydroxylation is 1. The summed E-state index contributed by atoms with van der Waals surface area (Å²) in [6, 6.07) is 5.07. The fourth-order valence-corrected chi connectivity index (χ4v) is 2.64. The highest BCUT2D eigenvalue weighted by Crippen LogP contribution is 2.15. The molecule has 1 amide bonds. The van der Waals surface area contributed by atoms with E-state index in [1.54, 1.807) is 13.1 Å². The summed E-state index contributed by atoms with van der Waals surface area (Å²) in [7, 11) is 0. The van der Waals surface area contributed by atoms with E-state index in [1.807, 2.05) is 19.1 Å². The highest BCUT2D eigenvalue weighted by Gasteiger charge is 2.11. The van der Waals surface area contributed by atoms with Gasteiger partial charge >= 0.3 is 0 Å². The molecule has 0 aromatic carbocycles. The van der Waals surface area contributed by atoms with Crippen LogP contribution in [0.2, 0.25) is 0 Å². The van der Waals surface area contributed by atoms with Gasteiger partial charge in [0.2, 0.25) is 11.4 Å². The molecule has 0 aliphatic rings. The minimum atomic E-state index is -0.235. The summed E-state index contributed by atoms with van der Waals surface area (Å²) in [6.07, 6.45) is 4.14. The van der Waals surface area contributed by atoms with Crippen LogP contribution in [-0.4, -0.2) is 22.0 Å². The molecular formula is C19H25N3O3. The smallest absolute Gasteiger partial charge is 0.253 e. The Labute approximate surface area is 147 Å². The second kappa shape index (κ2) is 8.46. The Morgan fingerprint density at radius 2 is 2.08 bits per heavy atom. The van der Waals surface area contributed by atoms with Crippen molar-refractivity contribution in [1.29, 1.82) is 0 Å². The maximum absolute atomic E-state index is 12.3. The zero-order chi connectivity index (χ0) is 18.4. The number of H-pyrrole nitrogens is 1. The van der Waals surface area contributed by atoms with Crippen LogP contribution < -0.4 is 15.6 Å². The molecule has 0 unspecified atom stereocenters. The third kappa shape index (κ3) is 5.74. The number of nitrogens with zero attached hydrogens (tertiary/aromatic N) is 1. The van der Waals surface area contributed by atoms with E-state index < -0.39 is 0 Å². The number of rotatable bonds is 7. The lowest BCUT2D eigenvalue weighted by atomic mass is 10.1. The van der Waals surface area contributed by atoms with Gasteiger partial charge in [0, 0.05) is 31.1 Å². The SMILES string of the molecule is Cc1cc(=O)[nH]cc1C(=O)NCc1ccnc(O[C@@H](C)CC(C)C)c1. The summed E-state index contributed by atoms with van der Waals surface area (Å²) in [6.45, 7) is 8.42. The number of aromatic nitrogens is 2. The topological polar surface area (TPSA) is 84.1 Å². The van der Waals surface area contributed by atoms with Gasteiger partial charge in [0.25, 0.3) is 5.91 Å². The highest BCUT2D eigenvalue weighted by atomic mass is 16.5. The first kappa shape index (κ1) is 18.7. The van der Waals surface area contributed by atoms with Crippen LogP contribution in [0.25, 0.3) is 0 Å². The van der Waals surface area contributed by atoms with Crippen LogP contribution >= 0.6 is 0 Å². The molecule has 0 bridgehead atoms. The van der Waals surface area contributed by atoms with E-state index in [1.165, 1.54) is 12.3 Å². The van der Waals surface area contributed by atoms with Gasteiger partial charge in [-0.3, -0.25) is 9.59 Å². The second-order valence-electron chi connectivity index (χ2n) is 6.64. The lowest BCUT2D eigenvalue weighted by Crippen LogP contribution is -2.25. The average Bonchev–Trinajstić information content (AvgIpc) is 2.52. The molecule has 0 radical (unpaired) electrons. The molecule has 0 aliphatic heterocycles. The number of nitrogens with one attached hydrogen (secondary N) is 2. The molecule has 25 heavy (non-hydrogen) atoms. The molecular weight excluding hydrogens is 318 g/mol. The molecule has 0 saturated carbocycles. The van der Waals surface area contributed by atoms with E-state index in [-0.39, 0.29) is 17.6 Å². The third-order valence-electron chi connectivity index (χ3n) is 3.75. The summed E-state index contributed by atoms with van der Waals surface area (Å²) >= 11 is 0. The van der Waals surface area contributed by atoms with Gasteiger partial charge < -0.3 is 15.0 Å². The van der Waals surface area contributed by atoms with Crippen molar-refractivity contribution in [2.24, 2.45) is 5.92 Å². The van der Waals surface area contributed by atoms with E-state index in [0.29, 0.717) is 29.5 Å². The first-order chi connectivity index (χ1) is 11.8. The first-order valence-electron chi connectivity index (χ1n) is 8.44. The Kier molecular flexibility index (Phi) is 6.33. The summed E-state index contributed by atoms with van der Waals surface area (Å²) in [5.41, 5.74) is 1.77. The van der Waals surface area contributed by atoms with Crippen LogP contribution in [0.1, 0.15) is 48.7 Å². The molecule has 0 aliphatic carbocycles. The average molecular weight is 343 g/mol. The summed E-state index contributed by atoms with van der Waals surface area (Å²) in [5, 5.41) is 2.84. The van der Waals surface area contributed by atoms with Crippen LogP contribution in [-0.2, 0) is 6.54 Å². The van der Waals surface area contributed by atoms with Crippen molar-refractivity contribution >= 4 is 5.91 Å². The molecule has 2 rings (SSSR count). The number of aromatic amines is 1. The van der Waals surface area contributed by atoms with E-state index in [4.69, 9.17) is 4.74 Å². The van der Waals surface area contributed by atoms with Gasteiger partial charge in [-0.1, -0.05) is 13.8 Å². The van der Waals surface area contributed by atoms with Gasteiger partial charge in [-0.2, -0.15) is 0 Å². The van der Waals surface area contributed by atoms with Gasteiger partial charge in [-0.25, -0.2) is 4.98 Å². The Morgan fingerprint density at radius 1 is 1.32 bits per heavy atom. The fourth-order valence-electron chi connectivity index (χ4n) is 2.64. The molecule has 0 saturated heterocycles. The Balaban J connectivity index is 1.97. The highest BCUT2D eigenvalue weighted by molar-refractivity contribution is 5.95. The third-order valence-corrected chi connectivity index (χ3v) is 3.75. The van der Waals surface area contributed by atoms with E-state index >= 15 is 0 Å². The van der Waals surface area contributed by atoms with Crippen molar-refractivity contribution in [3.8, 4) is 5.88 Å². The standard InChI is InChI=1S/C19H25N3O3/c1-12(2)7-14(4)25-18-9-15(5-6-20-18)10-22-19(24)16-11-21-17(23)8-13(16)3/h5-6,8-9,11-12,14H,7,10H2,1-4H3,(H,21,23)(H,22,24)/t14-/m0/s1. The number of hydrogen-bond donors (Lipinski definition) is 2. The maximum atomic E-state index is 12.3. The van der Waals surface area contributed by atoms with Crippen LogP contribution in [0.5, 0.6) is 5.88 Å². The summed E-state index contributed by atoms with van der Waals surface area (Å²) in [4.78, 5) is 30.2. The fraction of sp³-hybridized carbons (Fsp3) is 0.421. The number of carbonyl (C=O) groups is 1. The van der Waals surface area contributed by atoms with Crippen molar-refractivity contribution in [2.45, 2.75) is 46.8 Å². The first-order valence-corrected chi connectivity index (χ1v) is 8.44. The largest absolute Gasteiger partial charge is 0.475 e. The molecule has 134 valence electrons. The molecule has 2 aromatic heterocycles. The molecule has 0 fully saturated rings. The van der Waals surface area contributed by atoms with Crippen molar-refractivity contribution in [3.63, 3.8) is 0 Å². The van der Waals surface area contributed by atoms with E-state index in [0.717, 1.165) is 12.0 Å². The van der Waals surface area contributed by atoms with Crippen LogP contribution in [0.3, 0.4) is 0 Å². The van der Waals surface area contributed by atoms with Gasteiger partial charge in [0.05, 0.1) is 11.7 Å². The summed E-state index contributed by atoms with van der Waals surface area (Å²) in [5.74, 6) is 0.874. The molecule has 6 heteroatoms. The van der Waals surface area contributed by atoms with Gasteiger partial charge in [-0.05, 0) is 43.4 Å². The summed E-state index contributed by atoms with van der Waals surface area (Å²) < 4.78 is 5.83. The van der Waals surface area contributed by atoms with Crippen LogP contribution in [0.15, 0.2) is 35.4 Å². The number of ether oxygens (including phenoxy) is 1. The van der Waals surface area contributed by atoms with Gasteiger partial charge in [0.1, 0.15) is 0 Å². The predicted octanol–water partition coefficient (Wildman–Crippen LogP) is 2.82. The molecule has 0 spiro atoms. The second-order valence-corrected chi connectivity index (χ2v) is 6.64.